The van der Waals surface area contributed by atoms with Gasteiger partial charge in [-0.1, -0.05) is 12.1 Å². The van der Waals surface area contributed by atoms with Crippen molar-refractivity contribution in [3.05, 3.63) is 63.0 Å². The third-order valence-corrected chi connectivity index (χ3v) is 6.44. The molecule has 3 aromatic rings. The third-order valence-electron chi connectivity index (χ3n) is 5.47. The molecular formula is C22H22F3N3O2S. The Balaban J connectivity index is 1.51. The summed E-state index contributed by atoms with van der Waals surface area (Å²) in [6.45, 7) is 5.91. The lowest BCUT2D eigenvalue weighted by molar-refractivity contribution is -0.172. The first kappa shape index (κ1) is 21.4. The number of rotatable bonds is 4. The van der Waals surface area contributed by atoms with Gasteiger partial charge in [0, 0.05) is 18.2 Å². The number of carbonyl (C=O) groups excluding carboxylic acids is 1. The average Bonchev–Trinajstić information content (AvgIpc) is 3.33. The zero-order chi connectivity index (χ0) is 22.3. The molecule has 3 heterocycles. The Morgan fingerprint density at radius 1 is 1.26 bits per heavy atom. The van der Waals surface area contributed by atoms with Crippen molar-refractivity contribution < 1.29 is 22.7 Å². The van der Waals surface area contributed by atoms with E-state index in [1.807, 2.05) is 37.4 Å². The van der Waals surface area contributed by atoms with Crippen LogP contribution in [-0.2, 0) is 6.61 Å². The molecule has 1 unspecified atom stereocenters. The molecule has 164 valence electrons. The Morgan fingerprint density at radius 3 is 2.77 bits per heavy atom. The molecule has 1 aliphatic rings. The van der Waals surface area contributed by atoms with Crippen molar-refractivity contribution in [1.29, 1.82) is 0 Å². The Labute approximate surface area is 182 Å². The molecule has 5 nitrogen and oxygen atoms in total. The lowest BCUT2D eigenvalue weighted by Gasteiger charge is -2.33. The van der Waals surface area contributed by atoms with Crippen LogP contribution in [0.3, 0.4) is 0 Å². The second-order valence-corrected chi connectivity index (χ2v) is 8.61. The molecule has 0 fully saturated rings. The molecule has 0 radical (unpaired) electrons. The number of fused-ring (bicyclic) bond motifs is 1. The van der Waals surface area contributed by atoms with E-state index in [1.165, 1.54) is 22.3 Å². The third kappa shape index (κ3) is 4.19. The highest BCUT2D eigenvalue weighted by Gasteiger charge is 2.46. The zero-order valence-corrected chi connectivity index (χ0v) is 18.2. The number of amides is 1. The van der Waals surface area contributed by atoms with Gasteiger partial charge in [0.25, 0.3) is 5.91 Å². The molecule has 0 saturated carbocycles. The summed E-state index contributed by atoms with van der Waals surface area (Å²) >= 11 is 1.26. The largest absolute Gasteiger partial charge is 0.489 e. The number of carbonyl (C=O) groups is 1. The van der Waals surface area contributed by atoms with E-state index in [0.29, 0.717) is 17.2 Å². The molecule has 0 spiro atoms. The summed E-state index contributed by atoms with van der Waals surface area (Å²) in [7, 11) is 0. The number of nitrogens with zero attached hydrogens (tertiary/aromatic N) is 3. The number of halogens is 3. The van der Waals surface area contributed by atoms with Crippen molar-refractivity contribution >= 4 is 23.1 Å². The standard InChI is InChI=1S/C22H22F3N3O2S/c1-13-5-4-6-17(15(13)3)30-11-16-10-18(31-12-16)21(29)27-8-7-19(22(23,24)25)28-20(27)9-14(2)26-28/h4-6,9-10,12,19H,7-8,11H2,1-3H3. The first-order valence-electron chi connectivity index (χ1n) is 9.86. The molecule has 0 saturated heterocycles. The molecular weight excluding hydrogens is 427 g/mol. The smallest absolute Gasteiger partial charge is 0.410 e. The number of thiophene rings is 1. The van der Waals surface area contributed by atoms with Gasteiger partial charge >= 0.3 is 6.18 Å². The van der Waals surface area contributed by atoms with Gasteiger partial charge in [-0.05, 0) is 55.8 Å². The van der Waals surface area contributed by atoms with Crippen LogP contribution in [0.4, 0.5) is 19.0 Å². The van der Waals surface area contributed by atoms with Crippen molar-refractivity contribution in [2.45, 2.75) is 46.0 Å². The minimum Gasteiger partial charge on any atom is -0.489 e. The average molecular weight is 449 g/mol. The fourth-order valence-electron chi connectivity index (χ4n) is 3.67. The number of benzene rings is 1. The molecule has 0 bridgehead atoms. The van der Waals surface area contributed by atoms with E-state index in [2.05, 4.69) is 5.10 Å². The van der Waals surface area contributed by atoms with Crippen molar-refractivity contribution in [1.82, 2.24) is 9.78 Å². The number of anilines is 1. The molecule has 31 heavy (non-hydrogen) atoms. The van der Waals surface area contributed by atoms with Gasteiger partial charge in [-0.15, -0.1) is 11.3 Å². The second-order valence-electron chi connectivity index (χ2n) is 7.70. The molecule has 1 aliphatic heterocycles. The van der Waals surface area contributed by atoms with Gasteiger partial charge in [-0.25, -0.2) is 4.68 Å². The van der Waals surface area contributed by atoms with E-state index in [4.69, 9.17) is 4.74 Å². The lowest BCUT2D eigenvalue weighted by Crippen LogP contribution is -2.42. The first-order chi connectivity index (χ1) is 14.6. The van der Waals surface area contributed by atoms with E-state index in [-0.39, 0.29) is 24.7 Å². The van der Waals surface area contributed by atoms with Crippen LogP contribution in [0.2, 0.25) is 0 Å². The van der Waals surface area contributed by atoms with Gasteiger partial charge in [-0.2, -0.15) is 18.3 Å². The van der Waals surface area contributed by atoms with E-state index in [0.717, 1.165) is 27.1 Å². The zero-order valence-electron chi connectivity index (χ0n) is 17.4. The molecule has 1 atom stereocenters. The highest BCUT2D eigenvalue weighted by molar-refractivity contribution is 7.12. The van der Waals surface area contributed by atoms with Crippen LogP contribution in [-0.4, -0.2) is 28.4 Å². The van der Waals surface area contributed by atoms with Crippen LogP contribution < -0.4 is 9.64 Å². The number of hydrogen-bond acceptors (Lipinski definition) is 4. The number of hydrogen-bond donors (Lipinski definition) is 0. The molecule has 1 aromatic carbocycles. The molecule has 1 amide bonds. The van der Waals surface area contributed by atoms with Gasteiger partial charge in [-0.3, -0.25) is 9.69 Å². The summed E-state index contributed by atoms with van der Waals surface area (Å²) in [5.41, 5.74) is 3.47. The second kappa shape index (κ2) is 8.03. The summed E-state index contributed by atoms with van der Waals surface area (Å²) in [5, 5.41) is 5.83. The summed E-state index contributed by atoms with van der Waals surface area (Å²) in [6, 6.07) is 7.38. The molecule has 0 N–H and O–H groups in total. The van der Waals surface area contributed by atoms with Gasteiger partial charge in [0.15, 0.2) is 6.04 Å². The van der Waals surface area contributed by atoms with Crippen LogP contribution in [0.25, 0.3) is 0 Å². The molecule has 2 aromatic heterocycles. The highest BCUT2D eigenvalue weighted by atomic mass is 32.1. The Kier molecular flexibility index (Phi) is 5.55. The first-order valence-corrected chi connectivity index (χ1v) is 10.7. The summed E-state index contributed by atoms with van der Waals surface area (Å²) in [6.07, 6.45) is -4.64. The monoisotopic (exact) mass is 449 g/mol. The van der Waals surface area contributed by atoms with Crippen LogP contribution in [0, 0.1) is 20.8 Å². The Morgan fingerprint density at radius 2 is 2.03 bits per heavy atom. The summed E-state index contributed by atoms with van der Waals surface area (Å²) in [5.74, 6) is 0.634. The fourth-order valence-corrected chi connectivity index (χ4v) is 4.51. The molecule has 4 rings (SSSR count). The van der Waals surface area contributed by atoms with Crippen molar-refractivity contribution in [3.8, 4) is 5.75 Å². The van der Waals surface area contributed by atoms with Gasteiger partial charge in [0.2, 0.25) is 0 Å². The fraction of sp³-hybridized carbons (Fsp3) is 0.364. The van der Waals surface area contributed by atoms with Crippen molar-refractivity contribution in [3.63, 3.8) is 0 Å². The molecule has 0 aliphatic carbocycles. The van der Waals surface area contributed by atoms with Crippen molar-refractivity contribution in [2.24, 2.45) is 0 Å². The predicted octanol–water partition coefficient (Wildman–Crippen LogP) is 5.60. The van der Waals surface area contributed by atoms with E-state index >= 15 is 0 Å². The summed E-state index contributed by atoms with van der Waals surface area (Å²) < 4.78 is 47.0. The Hall–Kier alpha value is -2.81. The SMILES string of the molecule is Cc1cc2n(n1)C(C(F)(F)F)CCN2C(=O)c1cc(COc2cccc(C)c2C)cs1. The highest BCUT2D eigenvalue weighted by Crippen LogP contribution is 2.40. The maximum Gasteiger partial charge on any atom is 0.410 e. The quantitative estimate of drug-likeness (QED) is 0.521. The van der Waals surface area contributed by atoms with Crippen LogP contribution >= 0.6 is 11.3 Å². The minimum absolute atomic E-state index is 0.0135. The van der Waals surface area contributed by atoms with Crippen LogP contribution in [0.5, 0.6) is 5.75 Å². The van der Waals surface area contributed by atoms with Crippen LogP contribution in [0.1, 0.15) is 44.5 Å². The number of ether oxygens (including phenoxy) is 1. The summed E-state index contributed by atoms with van der Waals surface area (Å²) in [4.78, 5) is 14.9. The normalized spacial score (nSPS) is 16.3. The van der Waals surface area contributed by atoms with Gasteiger partial charge in [0.1, 0.15) is 18.2 Å². The van der Waals surface area contributed by atoms with E-state index < -0.39 is 12.2 Å². The minimum atomic E-state index is -4.41. The van der Waals surface area contributed by atoms with Crippen molar-refractivity contribution in [2.75, 3.05) is 11.4 Å². The van der Waals surface area contributed by atoms with E-state index in [1.54, 1.807) is 13.0 Å². The number of alkyl halides is 3. The van der Waals surface area contributed by atoms with Crippen LogP contribution in [0.15, 0.2) is 35.7 Å². The van der Waals surface area contributed by atoms with E-state index in [9.17, 15) is 18.0 Å². The maximum absolute atomic E-state index is 13.4. The predicted molar refractivity (Wildman–Crippen MR) is 113 cm³/mol. The van der Waals surface area contributed by atoms with Gasteiger partial charge < -0.3 is 4.74 Å². The molecule has 9 heteroatoms. The number of aryl methyl sites for hydroxylation is 2. The Bertz CT molecular complexity index is 1120. The maximum atomic E-state index is 13.4. The number of aromatic nitrogens is 2. The topological polar surface area (TPSA) is 47.4 Å². The lowest BCUT2D eigenvalue weighted by atomic mass is 10.1. The van der Waals surface area contributed by atoms with Gasteiger partial charge in [0.05, 0.1) is 10.6 Å².